The molecule has 0 aromatic carbocycles. The number of aliphatic carboxylic acids is 1. The number of carbonyl (C=O) groups is 2. The molecule has 1 saturated heterocycles. The molecule has 1 N–H and O–H groups in total. The van der Waals surface area contributed by atoms with Crippen molar-refractivity contribution in [3.05, 3.63) is 40.2 Å². The summed E-state index contributed by atoms with van der Waals surface area (Å²) < 4.78 is 0. The zero-order chi connectivity index (χ0) is 16.4. The molecular weight excluding hydrogens is 312 g/mol. The lowest BCUT2D eigenvalue weighted by molar-refractivity contribution is -0.143. The monoisotopic (exact) mass is 330 g/mol. The van der Waals surface area contributed by atoms with E-state index in [0.29, 0.717) is 24.2 Å². The van der Waals surface area contributed by atoms with Crippen LogP contribution in [-0.4, -0.2) is 39.5 Å². The number of thiophene rings is 1. The van der Waals surface area contributed by atoms with Crippen molar-refractivity contribution < 1.29 is 14.7 Å². The number of aryl methyl sites for hydroxylation is 1. The molecule has 1 unspecified atom stereocenters. The van der Waals surface area contributed by atoms with Crippen LogP contribution in [0.15, 0.2) is 29.0 Å². The Hall–Kier alpha value is -2.21. The Morgan fingerprint density at radius 1 is 1.30 bits per heavy atom. The Labute approximate surface area is 138 Å². The van der Waals surface area contributed by atoms with E-state index < -0.39 is 12.0 Å². The maximum Gasteiger partial charge on any atom is 0.326 e. The van der Waals surface area contributed by atoms with Crippen molar-refractivity contribution in [2.24, 2.45) is 0 Å². The first-order valence-electron chi connectivity index (χ1n) is 7.62. The van der Waals surface area contributed by atoms with Crippen molar-refractivity contribution in [1.29, 1.82) is 0 Å². The zero-order valence-corrected chi connectivity index (χ0v) is 13.7. The summed E-state index contributed by atoms with van der Waals surface area (Å²) in [6.45, 7) is 2.28. The molecule has 3 rings (SSSR count). The van der Waals surface area contributed by atoms with Crippen LogP contribution in [0, 0.1) is 6.92 Å². The van der Waals surface area contributed by atoms with Crippen LogP contribution in [0.4, 0.5) is 0 Å². The highest BCUT2D eigenvalue weighted by Crippen LogP contribution is 2.24. The van der Waals surface area contributed by atoms with E-state index in [4.69, 9.17) is 0 Å². The molecule has 0 radical (unpaired) electrons. The smallest absolute Gasteiger partial charge is 0.326 e. The topological polar surface area (TPSA) is 70.5 Å². The minimum atomic E-state index is -0.932. The summed E-state index contributed by atoms with van der Waals surface area (Å²) >= 11 is 1.60. The minimum absolute atomic E-state index is 0.237. The molecule has 1 aliphatic heterocycles. The number of carboxylic acids is 1. The summed E-state index contributed by atoms with van der Waals surface area (Å²) in [4.78, 5) is 30.1. The van der Waals surface area contributed by atoms with Crippen molar-refractivity contribution in [2.45, 2.75) is 32.2 Å². The van der Waals surface area contributed by atoms with Gasteiger partial charge in [0.1, 0.15) is 6.04 Å². The molecule has 1 fully saturated rings. The van der Waals surface area contributed by atoms with Crippen LogP contribution in [0.25, 0.3) is 11.3 Å². The van der Waals surface area contributed by atoms with E-state index in [1.165, 1.54) is 4.90 Å². The van der Waals surface area contributed by atoms with Crippen molar-refractivity contribution in [3.63, 3.8) is 0 Å². The maximum absolute atomic E-state index is 12.8. The average molecular weight is 330 g/mol. The fourth-order valence-corrected chi connectivity index (χ4v) is 3.59. The second kappa shape index (κ2) is 6.50. The van der Waals surface area contributed by atoms with Gasteiger partial charge in [0.25, 0.3) is 5.91 Å². The summed E-state index contributed by atoms with van der Waals surface area (Å²) in [5.74, 6) is -1.17. The maximum atomic E-state index is 12.8. The molecule has 0 saturated carbocycles. The van der Waals surface area contributed by atoms with Gasteiger partial charge in [-0.2, -0.15) is 11.3 Å². The first-order chi connectivity index (χ1) is 11.1. The van der Waals surface area contributed by atoms with Gasteiger partial charge in [0, 0.05) is 17.5 Å². The van der Waals surface area contributed by atoms with Crippen LogP contribution in [0.5, 0.6) is 0 Å². The van der Waals surface area contributed by atoms with E-state index in [1.807, 2.05) is 22.9 Å². The molecular formula is C17H18N2O3S. The van der Waals surface area contributed by atoms with E-state index in [-0.39, 0.29) is 5.91 Å². The third-order valence-corrected chi connectivity index (χ3v) is 4.87. The lowest BCUT2D eigenvalue weighted by Crippen LogP contribution is -2.48. The molecule has 23 heavy (non-hydrogen) atoms. The number of carboxylic acid groups (broad SMARTS) is 1. The fraction of sp³-hybridized carbons (Fsp3) is 0.353. The fourth-order valence-electron chi connectivity index (χ4n) is 2.94. The number of carbonyl (C=O) groups excluding carboxylic acids is 1. The van der Waals surface area contributed by atoms with Crippen LogP contribution in [-0.2, 0) is 4.79 Å². The highest BCUT2D eigenvalue weighted by atomic mass is 32.1. The van der Waals surface area contributed by atoms with Crippen LogP contribution in [0.2, 0.25) is 0 Å². The summed E-state index contributed by atoms with van der Waals surface area (Å²) in [6, 6.07) is 4.83. The number of likely N-dealkylation sites (tertiary alicyclic amines) is 1. The third-order valence-electron chi connectivity index (χ3n) is 4.18. The molecule has 3 heterocycles. The van der Waals surface area contributed by atoms with Gasteiger partial charge in [-0.1, -0.05) is 0 Å². The van der Waals surface area contributed by atoms with Crippen LogP contribution in [0.3, 0.4) is 0 Å². The number of rotatable bonds is 3. The van der Waals surface area contributed by atoms with Crippen molar-refractivity contribution >= 4 is 23.2 Å². The van der Waals surface area contributed by atoms with Crippen LogP contribution < -0.4 is 0 Å². The first kappa shape index (κ1) is 15.7. The SMILES string of the molecule is Cc1nc(-c2ccsc2)ccc1C(=O)N1CCCCC1C(=O)O. The number of amides is 1. The van der Waals surface area contributed by atoms with E-state index >= 15 is 0 Å². The number of hydrogen-bond donors (Lipinski definition) is 1. The second-order valence-electron chi connectivity index (χ2n) is 5.69. The highest BCUT2D eigenvalue weighted by molar-refractivity contribution is 7.08. The molecule has 2 aromatic heterocycles. The van der Waals surface area contributed by atoms with Gasteiger partial charge in [0.05, 0.1) is 17.0 Å². The lowest BCUT2D eigenvalue weighted by atomic mass is 10.0. The summed E-state index contributed by atoms with van der Waals surface area (Å²) in [7, 11) is 0. The molecule has 0 bridgehead atoms. The second-order valence-corrected chi connectivity index (χ2v) is 6.47. The number of nitrogens with zero attached hydrogens (tertiary/aromatic N) is 2. The number of piperidine rings is 1. The van der Waals surface area contributed by atoms with Gasteiger partial charge in [-0.3, -0.25) is 9.78 Å². The Balaban J connectivity index is 1.88. The van der Waals surface area contributed by atoms with Crippen LogP contribution >= 0.6 is 11.3 Å². The van der Waals surface area contributed by atoms with Crippen molar-refractivity contribution in [1.82, 2.24) is 9.88 Å². The lowest BCUT2D eigenvalue weighted by Gasteiger charge is -2.33. The predicted octanol–water partition coefficient (Wildman–Crippen LogP) is 3.20. The van der Waals surface area contributed by atoms with Gasteiger partial charge < -0.3 is 10.0 Å². The minimum Gasteiger partial charge on any atom is -0.480 e. The van der Waals surface area contributed by atoms with Gasteiger partial charge in [0.2, 0.25) is 0 Å². The number of aromatic nitrogens is 1. The van der Waals surface area contributed by atoms with E-state index in [1.54, 1.807) is 24.3 Å². The molecule has 6 heteroatoms. The van der Waals surface area contributed by atoms with Gasteiger partial charge >= 0.3 is 5.97 Å². The van der Waals surface area contributed by atoms with Crippen LogP contribution in [0.1, 0.15) is 35.3 Å². The third kappa shape index (κ3) is 3.12. The standard InChI is InChI=1S/C17H18N2O3S/c1-11-13(5-6-14(18-11)12-7-9-23-10-12)16(20)19-8-3-2-4-15(19)17(21)22/h5-7,9-10,15H,2-4,8H2,1H3,(H,21,22). The molecule has 0 aliphatic carbocycles. The molecule has 2 aromatic rings. The van der Waals surface area contributed by atoms with Gasteiger partial charge in [-0.05, 0) is 49.8 Å². The van der Waals surface area contributed by atoms with Gasteiger partial charge in [-0.15, -0.1) is 0 Å². The molecule has 5 nitrogen and oxygen atoms in total. The quantitative estimate of drug-likeness (QED) is 0.938. The Bertz CT molecular complexity index is 727. The molecule has 1 amide bonds. The normalized spacial score (nSPS) is 18.0. The summed E-state index contributed by atoms with van der Waals surface area (Å²) in [5.41, 5.74) is 2.97. The van der Waals surface area contributed by atoms with E-state index in [2.05, 4.69) is 4.98 Å². The first-order valence-corrected chi connectivity index (χ1v) is 8.56. The molecule has 120 valence electrons. The number of pyridine rings is 1. The Morgan fingerprint density at radius 3 is 2.78 bits per heavy atom. The van der Waals surface area contributed by atoms with Crippen molar-refractivity contribution in [3.8, 4) is 11.3 Å². The Morgan fingerprint density at radius 2 is 2.13 bits per heavy atom. The largest absolute Gasteiger partial charge is 0.480 e. The molecule has 1 aliphatic rings. The average Bonchev–Trinajstić information content (AvgIpc) is 3.08. The molecule has 1 atom stereocenters. The summed E-state index contributed by atoms with van der Waals surface area (Å²) in [6.07, 6.45) is 2.20. The van der Waals surface area contributed by atoms with Crippen molar-refractivity contribution in [2.75, 3.05) is 6.54 Å². The molecule has 0 spiro atoms. The highest BCUT2D eigenvalue weighted by Gasteiger charge is 2.33. The van der Waals surface area contributed by atoms with E-state index in [0.717, 1.165) is 24.1 Å². The zero-order valence-electron chi connectivity index (χ0n) is 12.9. The Kier molecular flexibility index (Phi) is 4.43. The van der Waals surface area contributed by atoms with Gasteiger partial charge in [0.15, 0.2) is 0 Å². The number of hydrogen-bond acceptors (Lipinski definition) is 4. The predicted molar refractivity (Wildman–Crippen MR) is 88.6 cm³/mol. The van der Waals surface area contributed by atoms with E-state index in [9.17, 15) is 14.7 Å². The summed E-state index contributed by atoms with van der Waals surface area (Å²) in [5, 5.41) is 13.3. The van der Waals surface area contributed by atoms with Gasteiger partial charge in [-0.25, -0.2) is 4.79 Å².